The molecule has 0 aromatic heterocycles. The predicted octanol–water partition coefficient (Wildman–Crippen LogP) is 2.09. The summed E-state index contributed by atoms with van der Waals surface area (Å²) in [7, 11) is 0. The van der Waals surface area contributed by atoms with E-state index >= 15 is 0 Å². The molecule has 2 rings (SSSR count). The zero-order chi connectivity index (χ0) is 10.4. The first-order valence-electron chi connectivity index (χ1n) is 5.84. The van der Waals surface area contributed by atoms with E-state index in [0.717, 1.165) is 32.1 Å². The summed E-state index contributed by atoms with van der Waals surface area (Å²) in [6.45, 7) is 4.07. The molecule has 0 aromatic rings. The SMILES string of the molecule is C[C@]1(O)CC[C@@H]2CCC[C@H](O)[C@@]2(C)C1. The van der Waals surface area contributed by atoms with Crippen molar-refractivity contribution >= 4 is 0 Å². The molecule has 2 aliphatic carbocycles. The van der Waals surface area contributed by atoms with Crippen molar-refractivity contribution < 1.29 is 10.2 Å². The Hall–Kier alpha value is -0.0800. The van der Waals surface area contributed by atoms with Gasteiger partial charge in [0, 0.05) is 0 Å². The van der Waals surface area contributed by atoms with Gasteiger partial charge in [0.1, 0.15) is 0 Å². The number of hydrogen-bond donors (Lipinski definition) is 2. The van der Waals surface area contributed by atoms with E-state index in [-0.39, 0.29) is 11.5 Å². The average Bonchev–Trinajstić information content (AvgIpc) is 2.06. The molecule has 0 saturated heterocycles. The van der Waals surface area contributed by atoms with Crippen LogP contribution in [0.2, 0.25) is 0 Å². The molecule has 4 atom stereocenters. The van der Waals surface area contributed by atoms with Gasteiger partial charge in [0.05, 0.1) is 11.7 Å². The fourth-order valence-electron chi connectivity index (χ4n) is 3.62. The van der Waals surface area contributed by atoms with Gasteiger partial charge in [-0.25, -0.2) is 0 Å². The molecule has 0 aliphatic heterocycles. The van der Waals surface area contributed by atoms with Crippen molar-refractivity contribution in [1.29, 1.82) is 0 Å². The summed E-state index contributed by atoms with van der Waals surface area (Å²) < 4.78 is 0. The van der Waals surface area contributed by atoms with Crippen molar-refractivity contribution in [3.05, 3.63) is 0 Å². The van der Waals surface area contributed by atoms with E-state index in [1.807, 2.05) is 6.92 Å². The van der Waals surface area contributed by atoms with Gasteiger partial charge >= 0.3 is 0 Å². The van der Waals surface area contributed by atoms with Crippen LogP contribution in [-0.4, -0.2) is 21.9 Å². The van der Waals surface area contributed by atoms with Gasteiger partial charge in [-0.3, -0.25) is 0 Å². The lowest BCUT2D eigenvalue weighted by Crippen LogP contribution is -2.51. The third kappa shape index (κ3) is 1.59. The number of aliphatic hydroxyl groups excluding tert-OH is 1. The molecule has 82 valence electrons. The van der Waals surface area contributed by atoms with E-state index in [9.17, 15) is 10.2 Å². The Morgan fingerprint density at radius 3 is 2.57 bits per heavy atom. The zero-order valence-corrected chi connectivity index (χ0v) is 9.29. The first-order chi connectivity index (χ1) is 6.44. The minimum absolute atomic E-state index is 0.0278. The van der Waals surface area contributed by atoms with Gasteiger partial charge in [-0.2, -0.15) is 0 Å². The van der Waals surface area contributed by atoms with E-state index in [2.05, 4.69) is 6.92 Å². The van der Waals surface area contributed by atoms with Crippen LogP contribution in [0.25, 0.3) is 0 Å². The third-order valence-electron chi connectivity index (χ3n) is 4.52. The molecule has 2 nitrogen and oxygen atoms in total. The number of aliphatic hydroxyl groups is 2. The highest BCUT2D eigenvalue weighted by molar-refractivity contribution is 5.00. The first kappa shape index (κ1) is 10.4. The van der Waals surface area contributed by atoms with Crippen LogP contribution < -0.4 is 0 Å². The summed E-state index contributed by atoms with van der Waals surface area (Å²) in [5, 5.41) is 20.2. The minimum Gasteiger partial charge on any atom is -0.393 e. The predicted molar refractivity (Wildman–Crippen MR) is 55.9 cm³/mol. The molecule has 0 aromatic carbocycles. The zero-order valence-electron chi connectivity index (χ0n) is 9.29. The lowest BCUT2D eigenvalue weighted by molar-refractivity contribution is -0.130. The summed E-state index contributed by atoms with van der Waals surface area (Å²) in [6.07, 6.45) is 5.87. The van der Waals surface area contributed by atoms with Crippen LogP contribution in [0, 0.1) is 11.3 Å². The molecular weight excluding hydrogens is 176 g/mol. The third-order valence-corrected chi connectivity index (χ3v) is 4.52. The molecule has 14 heavy (non-hydrogen) atoms. The molecule has 2 aliphatic rings. The van der Waals surface area contributed by atoms with Crippen LogP contribution >= 0.6 is 0 Å². The Balaban J connectivity index is 2.20. The van der Waals surface area contributed by atoms with Crippen LogP contribution in [0.15, 0.2) is 0 Å². The lowest BCUT2D eigenvalue weighted by Gasteiger charge is -2.52. The van der Waals surface area contributed by atoms with E-state index in [4.69, 9.17) is 0 Å². The monoisotopic (exact) mass is 198 g/mol. The van der Waals surface area contributed by atoms with Crippen molar-refractivity contribution in [3.8, 4) is 0 Å². The molecule has 0 unspecified atom stereocenters. The summed E-state index contributed by atoms with van der Waals surface area (Å²) in [5.41, 5.74) is -0.580. The molecule has 2 N–H and O–H groups in total. The van der Waals surface area contributed by atoms with Crippen LogP contribution in [0.1, 0.15) is 52.4 Å². The van der Waals surface area contributed by atoms with Gasteiger partial charge in [-0.15, -0.1) is 0 Å². The van der Waals surface area contributed by atoms with E-state index in [1.54, 1.807) is 0 Å². The van der Waals surface area contributed by atoms with Gasteiger partial charge in [-0.1, -0.05) is 13.3 Å². The van der Waals surface area contributed by atoms with Crippen LogP contribution in [0.5, 0.6) is 0 Å². The molecule has 0 spiro atoms. The lowest BCUT2D eigenvalue weighted by atomic mass is 9.56. The average molecular weight is 198 g/mol. The minimum atomic E-state index is -0.552. The van der Waals surface area contributed by atoms with Crippen LogP contribution in [0.4, 0.5) is 0 Å². The second-order valence-electron chi connectivity index (χ2n) is 5.86. The van der Waals surface area contributed by atoms with Gasteiger partial charge < -0.3 is 10.2 Å². The largest absolute Gasteiger partial charge is 0.393 e. The van der Waals surface area contributed by atoms with E-state index in [0.29, 0.717) is 5.92 Å². The Kier molecular flexibility index (Phi) is 2.39. The Morgan fingerprint density at radius 1 is 1.14 bits per heavy atom. The van der Waals surface area contributed by atoms with Crippen molar-refractivity contribution in [2.75, 3.05) is 0 Å². The highest BCUT2D eigenvalue weighted by atomic mass is 16.3. The quantitative estimate of drug-likeness (QED) is 0.625. The maximum Gasteiger partial charge on any atom is 0.0626 e. The molecule has 2 heteroatoms. The topological polar surface area (TPSA) is 40.5 Å². The smallest absolute Gasteiger partial charge is 0.0626 e. The maximum atomic E-state index is 10.1. The van der Waals surface area contributed by atoms with Crippen molar-refractivity contribution in [1.82, 2.24) is 0 Å². The fraction of sp³-hybridized carbons (Fsp3) is 1.00. The molecule has 2 fully saturated rings. The molecule has 0 bridgehead atoms. The number of hydrogen-bond acceptors (Lipinski definition) is 2. The number of fused-ring (bicyclic) bond motifs is 1. The fourth-order valence-corrected chi connectivity index (χ4v) is 3.62. The van der Waals surface area contributed by atoms with Crippen LogP contribution in [-0.2, 0) is 0 Å². The standard InChI is InChI=1S/C12H22O2/c1-11(14)7-6-9-4-3-5-10(13)12(9,2)8-11/h9-10,13-14H,3-8H2,1-2H3/t9-,10-,11-,12-/m0/s1. The normalized spacial score (nSPS) is 54.0. The van der Waals surface area contributed by atoms with Gasteiger partial charge in [0.15, 0.2) is 0 Å². The Bertz CT molecular complexity index is 224. The molecule has 0 radical (unpaired) electrons. The first-order valence-corrected chi connectivity index (χ1v) is 5.84. The summed E-state index contributed by atoms with van der Waals surface area (Å²) >= 11 is 0. The van der Waals surface area contributed by atoms with Gasteiger partial charge in [0.25, 0.3) is 0 Å². The van der Waals surface area contributed by atoms with Crippen LogP contribution in [0.3, 0.4) is 0 Å². The van der Waals surface area contributed by atoms with Gasteiger partial charge in [-0.05, 0) is 50.4 Å². The summed E-state index contributed by atoms with van der Waals surface area (Å²) in [4.78, 5) is 0. The maximum absolute atomic E-state index is 10.1. The van der Waals surface area contributed by atoms with Crippen molar-refractivity contribution in [2.45, 2.75) is 64.1 Å². The van der Waals surface area contributed by atoms with Crippen molar-refractivity contribution in [3.63, 3.8) is 0 Å². The Morgan fingerprint density at radius 2 is 1.86 bits per heavy atom. The number of rotatable bonds is 0. The molecule has 0 amide bonds. The highest BCUT2D eigenvalue weighted by Crippen LogP contribution is 2.52. The molecular formula is C12H22O2. The second-order valence-corrected chi connectivity index (χ2v) is 5.86. The van der Waals surface area contributed by atoms with E-state index in [1.165, 1.54) is 6.42 Å². The van der Waals surface area contributed by atoms with Gasteiger partial charge in [0.2, 0.25) is 0 Å². The van der Waals surface area contributed by atoms with E-state index < -0.39 is 5.60 Å². The highest BCUT2D eigenvalue weighted by Gasteiger charge is 2.49. The molecule has 2 saturated carbocycles. The molecule has 0 heterocycles. The summed E-state index contributed by atoms with van der Waals surface area (Å²) in [6, 6.07) is 0. The second kappa shape index (κ2) is 3.21. The summed E-state index contributed by atoms with van der Waals surface area (Å²) in [5.74, 6) is 0.631. The Labute approximate surface area is 86.3 Å². The van der Waals surface area contributed by atoms with Crippen molar-refractivity contribution in [2.24, 2.45) is 11.3 Å².